The van der Waals surface area contributed by atoms with Gasteiger partial charge in [0.25, 0.3) is 0 Å². The van der Waals surface area contributed by atoms with Gasteiger partial charge < -0.3 is 9.73 Å². The number of anilines is 1. The van der Waals surface area contributed by atoms with Crippen LogP contribution in [0.15, 0.2) is 59.1 Å². The van der Waals surface area contributed by atoms with E-state index in [2.05, 4.69) is 29.4 Å². The van der Waals surface area contributed by atoms with Crippen LogP contribution in [0.2, 0.25) is 5.02 Å². The minimum Gasteiger partial charge on any atom is -0.439 e. The van der Waals surface area contributed by atoms with Crippen LogP contribution in [0.5, 0.6) is 0 Å². The van der Waals surface area contributed by atoms with Crippen LogP contribution in [0, 0.1) is 0 Å². The molecule has 0 bridgehead atoms. The molecule has 3 rings (SSSR count). The first-order chi connectivity index (χ1) is 10.8. The molecule has 0 unspecified atom stereocenters. The van der Waals surface area contributed by atoms with Gasteiger partial charge in [-0.2, -0.15) is 0 Å². The van der Waals surface area contributed by atoms with Gasteiger partial charge in [0.2, 0.25) is 5.89 Å². The average molecular weight is 313 g/mol. The number of rotatable bonds is 5. The van der Waals surface area contributed by atoms with Gasteiger partial charge in [-0.3, -0.25) is 0 Å². The second-order valence-corrected chi connectivity index (χ2v) is 5.43. The zero-order chi connectivity index (χ0) is 15.4. The molecule has 0 aliphatic carbocycles. The molecule has 1 aromatic heterocycles. The van der Waals surface area contributed by atoms with E-state index in [-0.39, 0.29) is 0 Å². The molecule has 1 N–H and O–H groups in total. The third-order valence-electron chi connectivity index (χ3n) is 3.49. The second-order valence-electron chi connectivity index (χ2n) is 4.99. The SMILES string of the molecule is CCc1ccccc1NCc1ncc(-c2cccc(Cl)c2)o1. The van der Waals surface area contributed by atoms with Crippen molar-refractivity contribution >= 4 is 17.3 Å². The van der Waals surface area contributed by atoms with Crippen LogP contribution in [0.3, 0.4) is 0 Å². The second kappa shape index (κ2) is 6.67. The van der Waals surface area contributed by atoms with Crippen LogP contribution in [0.25, 0.3) is 11.3 Å². The van der Waals surface area contributed by atoms with Gasteiger partial charge in [-0.25, -0.2) is 4.98 Å². The van der Waals surface area contributed by atoms with Crippen molar-refractivity contribution in [3.8, 4) is 11.3 Å². The van der Waals surface area contributed by atoms with Crippen molar-refractivity contribution in [2.75, 3.05) is 5.32 Å². The molecule has 0 saturated carbocycles. The maximum Gasteiger partial charge on any atom is 0.214 e. The largest absolute Gasteiger partial charge is 0.439 e. The van der Waals surface area contributed by atoms with Gasteiger partial charge in [-0.15, -0.1) is 0 Å². The van der Waals surface area contributed by atoms with Crippen molar-refractivity contribution in [2.45, 2.75) is 19.9 Å². The molecule has 112 valence electrons. The number of aryl methyl sites for hydroxylation is 1. The molecule has 3 aromatic rings. The summed E-state index contributed by atoms with van der Waals surface area (Å²) in [7, 11) is 0. The van der Waals surface area contributed by atoms with Crippen LogP contribution in [-0.4, -0.2) is 4.98 Å². The predicted octanol–water partition coefficient (Wildman–Crippen LogP) is 5.17. The molecule has 4 heteroatoms. The molecule has 0 radical (unpaired) electrons. The van der Waals surface area contributed by atoms with E-state index in [0.717, 1.165) is 23.4 Å². The smallest absolute Gasteiger partial charge is 0.214 e. The molecule has 0 spiro atoms. The molecule has 22 heavy (non-hydrogen) atoms. The highest BCUT2D eigenvalue weighted by molar-refractivity contribution is 6.30. The Morgan fingerprint density at radius 2 is 2.00 bits per heavy atom. The summed E-state index contributed by atoms with van der Waals surface area (Å²) in [4.78, 5) is 4.32. The van der Waals surface area contributed by atoms with Gasteiger partial charge in [-0.05, 0) is 30.2 Å². The summed E-state index contributed by atoms with van der Waals surface area (Å²) in [6.45, 7) is 2.69. The third-order valence-corrected chi connectivity index (χ3v) is 3.73. The number of nitrogens with one attached hydrogen (secondary N) is 1. The number of hydrogen-bond acceptors (Lipinski definition) is 3. The molecule has 2 aromatic carbocycles. The van der Waals surface area contributed by atoms with Gasteiger partial charge in [-0.1, -0.05) is 48.9 Å². The van der Waals surface area contributed by atoms with E-state index in [9.17, 15) is 0 Å². The van der Waals surface area contributed by atoms with Gasteiger partial charge >= 0.3 is 0 Å². The topological polar surface area (TPSA) is 38.1 Å². The molecular weight excluding hydrogens is 296 g/mol. The number of hydrogen-bond donors (Lipinski definition) is 1. The lowest BCUT2D eigenvalue weighted by molar-refractivity contribution is 0.516. The summed E-state index contributed by atoms with van der Waals surface area (Å²) in [6.07, 6.45) is 2.72. The Morgan fingerprint density at radius 1 is 1.14 bits per heavy atom. The standard InChI is InChI=1S/C18H17ClN2O/c1-2-13-6-3-4-9-16(13)20-12-18-21-11-17(22-18)14-7-5-8-15(19)10-14/h3-11,20H,2,12H2,1H3. The summed E-state index contributed by atoms with van der Waals surface area (Å²) in [5, 5.41) is 4.06. The Balaban J connectivity index is 1.72. The fourth-order valence-electron chi connectivity index (χ4n) is 2.34. The Hall–Kier alpha value is -2.26. The molecule has 0 amide bonds. The molecule has 3 nitrogen and oxygen atoms in total. The van der Waals surface area contributed by atoms with E-state index in [1.807, 2.05) is 36.4 Å². The first kappa shape index (κ1) is 14.7. The van der Waals surface area contributed by atoms with Gasteiger partial charge in [0, 0.05) is 16.3 Å². The fraction of sp³-hybridized carbons (Fsp3) is 0.167. The molecule has 0 aliphatic heterocycles. The summed E-state index contributed by atoms with van der Waals surface area (Å²) >= 11 is 6.00. The van der Waals surface area contributed by atoms with Gasteiger partial charge in [0.15, 0.2) is 5.76 Å². The summed E-state index contributed by atoms with van der Waals surface area (Å²) < 4.78 is 5.79. The lowest BCUT2D eigenvalue weighted by Crippen LogP contribution is -2.02. The van der Waals surface area contributed by atoms with E-state index in [1.165, 1.54) is 5.56 Å². The Kier molecular flexibility index (Phi) is 4.45. The minimum absolute atomic E-state index is 0.553. The van der Waals surface area contributed by atoms with Crippen molar-refractivity contribution in [3.63, 3.8) is 0 Å². The molecule has 0 aliphatic rings. The van der Waals surface area contributed by atoms with E-state index in [4.69, 9.17) is 16.0 Å². The van der Waals surface area contributed by atoms with E-state index < -0.39 is 0 Å². The van der Waals surface area contributed by atoms with E-state index in [0.29, 0.717) is 17.5 Å². The zero-order valence-electron chi connectivity index (χ0n) is 12.3. The molecule has 0 saturated heterocycles. The first-order valence-electron chi connectivity index (χ1n) is 7.28. The van der Waals surface area contributed by atoms with Crippen molar-refractivity contribution in [3.05, 3.63) is 71.2 Å². The summed E-state index contributed by atoms with van der Waals surface area (Å²) in [5.74, 6) is 1.38. The fourth-order valence-corrected chi connectivity index (χ4v) is 2.53. The van der Waals surface area contributed by atoms with Gasteiger partial charge in [0.1, 0.15) is 0 Å². The lowest BCUT2D eigenvalue weighted by Gasteiger charge is -2.08. The third kappa shape index (κ3) is 3.31. The summed E-state index contributed by atoms with van der Waals surface area (Å²) in [5.41, 5.74) is 3.33. The minimum atomic E-state index is 0.553. The van der Waals surface area contributed by atoms with E-state index in [1.54, 1.807) is 6.20 Å². The monoisotopic (exact) mass is 312 g/mol. The van der Waals surface area contributed by atoms with Crippen LogP contribution < -0.4 is 5.32 Å². The Morgan fingerprint density at radius 3 is 2.82 bits per heavy atom. The number of benzene rings is 2. The van der Waals surface area contributed by atoms with Crippen LogP contribution in [0.1, 0.15) is 18.4 Å². The highest BCUT2D eigenvalue weighted by Crippen LogP contribution is 2.24. The van der Waals surface area contributed by atoms with Gasteiger partial charge in [0.05, 0.1) is 12.7 Å². The predicted molar refractivity (Wildman–Crippen MR) is 90.1 cm³/mol. The number of oxazole rings is 1. The van der Waals surface area contributed by atoms with Crippen molar-refractivity contribution in [2.24, 2.45) is 0 Å². The number of para-hydroxylation sites is 1. The van der Waals surface area contributed by atoms with E-state index >= 15 is 0 Å². The summed E-state index contributed by atoms with van der Waals surface area (Å²) in [6, 6.07) is 15.8. The normalized spacial score (nSPS) is 10.6. The maximum atomic E-state index is 6.00. The van der Waals surface area contributed by atoms with Crippen LogP contribution >= 0.6 is 11.6 Å². The van der Waals surface area contributed by atoms with Crippen molar-refractivity contribution in [1.29, 1.82) is 0 Å². The zero-order valence-corrected chi connectivity index (χ0v) is 13.1. The molecular formula is C18H17ClN2O. The van der Waals surface area contributed by atoms with Crippen LogP contribution in [0.4, 0.5) is 5.69 Å². The number of halogens is 1. The Labute approximate surface area is 135 Å². The number of nitrogens with zero attached hydrogens (tertiary/aromatic N) is 1. The first-order valence-corrected chi connectivity index (χ1v) is 7.66. The van der Waals surface area contributed by atoms with Crippen molar-refractivity contribution in [1.82, 2.24) is 4.98 Å². The lowest BCUT2D eigenvalue weighted by atomic mass is 10.1. The van der Waals surface area contributed by atoms with Crippen LogP contribution in [-0.2, 0) is 13.0 Å². The quantitative estimate of drug-likeness (QED) is 0.706. The maximum absolute atomic E-state index is 6.00. The number of aromatic nitrogens is 1. The highest BCUT2D eigenvalue weighted by Gasteiger charge is 2.07. The highest BCUT2D eigenvalue weighted by atomic mass is 35.5. The molecule has 0 atom stereocenters. The average Bonchev–Trinajstić information content (AvgIpc) is 3.02. The van der Waals surface area contributed by atoms with Crippen molar-refractivity contribution < 1.29 is 4.42 Å². The molecule has 0 fully saturated rings. The molecule has 1 heterocycles. The Bertz CT molecular complexity index is 767.